The standard InChI is InChI=1S/C29H34ClN3O4S/c1-21(2)18-31-29(35)23(4)32(19-24-11-7-5-8-12-24)28(34)20-33(25-16-15-22(3)27(30)17-25)38(36,37)26-13-9-6-10-14-26/h5-17,21,23H,18-20H2,1-4H3,(H,31,35)/t23-/m1/s1. The van der Waals surface area contributed by atoms with Crippen molar-refractivity contribution in [1.82, 2.24) is 10.2 Å². The Morgan fingerprint density at radius 3 is 2.11 bits per heavy atom. The molecule has 0 heterocycles. The summed E-state index contributed by atoms with van der Waals surface area (Å²) >= 11 is 6.34. The fourth-order valence-electron chi connectivity index (χ4n) is 3.80. The summed E-state index contributed by atoms with van der Waals surface area (Å²) in [4.78, 5) is 28.3. The Kier molecular flexibility index (Phi) is 9.94. The summed E-state index contributed by atoms with van der Waals surface area (Å²) in [5, 5.41) is 3.26. The van der Waals surface area contributed by atoms with Gasteiger partial charge in [0.25, 0.3) is 10.0 Å². The number of nitrogens with zero attached hydrogens (tertiary/aromatic N) is 2. The van der Waals surface area contributed by atoms with Crippen molar-refractivity contribution < 1.29 is 18.0 Å². The van der Waals surface area contributed by atoms with E-state index >= 15 is 0 Å². The van der Waals surface area contributed by atoms with Crippen LogP contribution < -0.4 is 9.62 Å². The quantitative estimate of drug-likeness (QED) is 0.359. The molecule has 0 saturated carbocycles. The van der Waals surface area contributed by atoms with Crippen LogP contribution in [-0.2, 0) is 26.2 Å². The summed E-state index contributed by atoms with van der Waals surface area (Å²) < 4.78 is 28.6. The first kappa shape index (κ1) is 29.2. The lowest BCUT2D eigenvalue weighted by Gasteiger charge is -2.32. The zero-order chi connectivity index (χ0) is 27.9. The number of hydrogen-bond acceptors (Lipinski definition) is 4. The fourth-order valence-corrected chi connectivity index (χ4v) is 5.40. The van der Waals surface area contributed by atoms with Gasteiger partial charge in [0.1, 0.15) is 12.6 Å². The van der Waals surface area contributed by atoms with Gasteiger partial charge in [-0.05, 0) is 55.2 Å². The molecular weight excluding hydrogens is 522 g/mol. The van der Waals surface area contributed by atoms with E-state index in [9.17, 15) is 18.0 Å². The molecule has 2 amide bonds. The highest BCUT2D eigenvalue weighted by Gasteiger charge is 2.32. The van der Waals surface area contributed by atoms with Crippen molar-refractivity contribution >= 4 is 39.1 Å². The van der Waals surface area contributed by atoms with Crippen molar-refractivity contribution in [1.29, 1.82) is 0 Å². The molecule has 3 aromatic rings. The Morgan fingerprint density at radius 2 is 1.53 bits per heavy atom. The summed E-state index contributed by atoms with van der Waals surface area (Å²) in [5.41, 5.74) is 1.86. The van der Waals surface area contributed by atoms with E-state index in [-0.39, 0.29) is 29.0 Å². The number of anilines is 1. The summed E-state index contributed by atoms with van der Waals surface area (Å²) in [5.74, 6) is -0.585. The second-order valence-electron chi connectivity index (χ2n) is 9.58. The number of sulfonamides is 1. The smallest absolute Gasteiger partial charge is 0.264 e. The van der Waals surface area contributed by atoms with Gasteiger partial charge in [-0.15, -0.1) is 0 Å². The van der Waals surface area contributed by atoms with Gasteiger partial charge < -0.3 is 10.2 Å². The summed E-state index contributed by atoms with van der Waals surface area (Å²) in [6.45, 7) is 7.53. The van der Waals surface area contributed by atoms with Crippen LogP contribution >= 0.6 is 11.6 Å². The minimum absolute atomic E-state index is 0.0434. The van der Waals surface area contributed by atoms with E-state index in [0.717, 1.165) is 15.4 Å². The molecule has 0 aliphatic rings. The zero-order valence-corrected chi connectivity index (χ0v) is 23.7. The fraction of sp³-hybridized carbons (Fsp3) is 0.310. The second-order valence-corrected chi connectivity index (χ2v) is 11.8. The number of amides is 2. The molecule has 1 atom stereocenters. The Morgan fingerprint density at radius 1 is 0.921 bits per heavy atom. The number of nitrogens with one attached hydrogen (secondary N) is 1. The van der Waals surface area contributed by atoms with Crippen molar-refractivity contribution in [2.24, 2.45) is 5.92 Å². The van der Waals surface area contributed by atoms with Gasteiger partial charge in [0, 0.05) is 18.1 Å². The lowest BCUT2D eigenvalue weighted by Crippen LogP contribution is -2.51. The van der Waals surface area contributed by atoms with E-state index in [1.807, 2.05) is 51.1 Å². The molecule has 0 radical (unpaired) electrons. The topological polar surface area (TPSA) is 86.8 Å². The van der Waals surface area contributed by atoms with E-state index in [1.165, 1.54) is 23.1 Å². The molecule has 3 rings (SSSR count). The van der Waals surface area contributed by atoms with Crippen LogP contribution in [0.4, 0.5) is 5.69 Å². The predicted octanol–water partition coefficient (Wildman–Crippen LogP) is 5.03. The van der Waals surface area contributed by atoms with Gasteiger partial charge in [-0.2, -0.15) is 0 Å². The van der Waals surface area contributed by atoms with Crippen LogP contribution in [0.25, 0.3) is 0 Å². The molecule has 38 heavy (non-hydrogen) atoms. The highest BCUT2D eigenvalue weighted by atomic mass is 35.5. The number of rotatable bonds is 11. The monoisotopic (exact) mass is 555 g/mol. The van der Waals surface area contributed by atoms with Gasteiger partial charge in [0.15, 0.2) is 0 Å². The van der Waals surface area contributed by atoms with E-state index in [4.69, 9.17) is 11.6 Å². The molecule has 0 aliphatic heterocycles. The van der Waals surface area contributed by atoms with Gasteiger partial charge in [-0.1, -0.05) is 80.0 Å². The Labute approximate surface area is 230 Å². The van der Waals surface area contributed by atoms with Crippen molar-refractivity contribution in [3.63, 3.8) is 0 Å². The number of carbonyl (C=O) groups is 2. The summed E-state index contributed by atoms with van der Waals surface area (Å²) in [6.07, 6.45) is 0. The number of benzene rings is 3. The predicted molar refractivity (Wildman–Crippen MR) is 151 cm³/mol. The van der Waals surface area contributed by atoms with Crippen LogP contribution in [0.1, 0.15) is 31.9 Å². The molecule has 0 aliphatic carbocycles. The molecule has 0 spiro atoms. The Hall–Kier alpha value is -3.36. The van der Waals surface area contributed by atoms with E-state index in [1.54, 1.807) is 37.3 Å². The molecule has 0 aromatic heterocycles. The largest absolute Gasteiger partial charge is 0.354 e. The molecule has 1 N–H and O–H groups in total. The number of aryl methyl sites for hydroxylation is 1. The first-order valence-corrected chi connectivity index (χ1v) is 14.3. The molecule has 9 heteroatoms. The van der Waals surface area contributed by atoms with Crippen LogP contribution in [-0.4, -0.2) is 44.3 Å². The van der Waals surface area contributed by atoms with Crippen molar-refractivity contribution in [3.05, 3.63) is 95.0 Å². The highest BCUT2D eigenvalue weighted by Crippen LogP contribution is 2.28. The maximum absolute atomic E-state index is 13.9. The summed E-state index contributed by atoms with van der Waals surface area (Å²) in [7, 11) is -4.13. The normalized spacial score (nSPS) is 12.2. The number of halogens is 1. The molecule has 0 unspecified atom stereocenters. The first-order valence-electron chi connectivity index (χ1n) is 12.5. The van der Waals surface area contributed by atoms with Crippen molar-refractivity contribution in [2.45, 2.75) is 45.2 Å². The third-order valence-corrected chi connectivity index (χ3v) is 8.30. The van der Waals surface area contributed by atoms with E-state index in [2.05, 4.69) is 5.32 Å². The van der Waals surface area contributed by atoms with Crippen LogP contribution in [0.5, 0.6) is 0 Å². The zero-order valence-electron chi connectivity index (χ0n) is 22.1. The van der Waals surface area contributed by atoms with Crippen LogP contribution in [0.2, 0.25) is 5.02 Å². The molecule has 3 aromatic carbocycles. The maximum atomic E-state index is 13.9. The minimum Gasteiger partial charge on any atom is -0.354 e. The van der Waals surface area contributed by atoms with Crippen molar-refractivity contribution in [2.75, 3.05) is 17.4 Å². The van der Waals surface area contributed by atoms with E-state index in [0.29, 0.717) is 11.6 Å². The average molecular weight is 556 g/mol. The molecule has 202 valence electrons. The van der Waals surface area contributed by atoms with Crippen LogP contribution in [0.15, 0.2) is 83.8 Å². The maximum Gasteiger partial charge on any atom is 0.264 e. The number of carbonyl (C=O) groups excluding carboxylic acids is 2. The van der Waals surface area contributed by atoms with E-state index < -0.39 is 28.5 Å². The minimum atomic E-state index is -4.13. The first-order chi connectivity index (χ1) is 18.0. The molecular formula is C29H34ClN3O4S. The molecule has 0 bridgehead atoms. The highest BCUT2D eigenvalue weighted by molar-refractivity contribution is 7.92. The average Bonchev–Trinajstić information content (AvgIpc) is 2.91. The number of hydrogen-bond donors (Lipinski definition) is 1. The van der Waals surface area contributed by atoms with Crippen molar-refractivity contribution in [3.8, 4) is 0 Å². The lowest BCUT2D eigenvalue weighted by molar-refractivity contribution is -0.139. The van der Waals surface area contributed by atoms with Crippen LogP contribution in [0, 0.1) is 12.8 Å². The third kappa shape index (κ3) is 7.36. The second kappa shape index (κ2) is 12.9. The van der Waals surface area contributed by atoms with Gasteiger partial charge in [0.05, 0.1) is 10.6 Å². The van der Waals surface area contributed by atoms with Gasteiger partial charge in [-0.3, -0.25) is 13.9 Å². The summed E-state index contributed by atoms with van der Waals surface area (Å²) in [6, 6.07) is 21.2. The molecule has 7 nitrogen and oxygen atoms in total. The van der Waals surface area contributed by atoms with Gasteiger partial charge in [0.2, 0.25) is 11.8 Å². The third-order valence-electron chi connectivity index (χ3n) is 6.10. The Bertz CT molecular complexity index is 1350. The van der Waals surface area contributed by atoms with Crippen LogP contribution in [0.3, 0.4) is 0 Å². The Balaban J connectivity index is 2.01. The lowest BCUT2D eigenvalue weighted by atomic mass is 10.1. The SMILES string of the molecule is Cc1ccc(N(CC(=O)N(Cc2ccccc2)[C@H](C)C(=O)NCC(C)C)S(=O)(=O)c2ccccc2)cc1Cl. The van der Waals surface area contributed by atoms with Gasteiger partial charge in [-0.25, -0.2) is 8.42 Å². The molecule has 0 saturated heterocycles. The molecule has 0 fully saturated rings. The van der Waals surface area contributed by atoms with Gasteiger partial charge >= 0.3 is 0 Å².